The van der Waals surface area contributed by atoms with E-state index in [1.54, 1.807) is 0 Å². The van der Waals surface area contributed by atoms with Crippen molar-refractivity contribution >= 4 is 11.8 Å². The van der Waals surface area contributed by atoms with E-state index in [1.807, 2.05) is 14.1 Å². The molecule has 2 fully saturated rings. The second kappa shape index (κ2) is 7.87. The number of nitrogens with one attached hydrogen (secondary N) is 1. The molecule has 1 atom stereocenters. The minimum Gasteiger partial charge on any atom is -0.379 e. The summed E-state index contributed by atoms with van der Waals surface area (Å²) < 4.78 is 5.48. The lowest BCUT2D eigenvalue weighted by atomic mass is 10.2. The predicted molar refractivity (Wildman–Crippen MR) is 79.9 cm³/mol. The quantitative estimate of drug-likeness (QED) is 0.513. The maximum Gasteiger partial charge on any atom is 0.247 e. The van der Waals surface area contributed by atoms with Crippen LogP contribution < -0.4 is 5.32 Å². The minimum absolute atomic E-state index is 0.0158. The summed E-state index contributed by atoms with van der Waals surface area (Å²) >= 11 is 0. The standard InChI is InChI=1S/C15H27N3O3/c1-17(2)8-10-21-9-7-16-13-11-14(19)18(15(13)20)12-5-3-4-6-12/h12-13,16H,3-11H2,1-2H3. The lowest BCUT2D eigenvalue weighted by Crippen LogP contribution is -2.43. The zero-order valence-electron chi connectivity index (χ0n) is 13.1. The Morgan fingerprint density at radius 3 is 2.62 bits per heavy atom. The van der Waals surface area contributed by atoms with E-state index in [0.29, 0.717) is 26.2 Å². The number of carbonyl (C=O) groups excluding carboxylic acids is 2. The summed E-state index contributed by atoms with van der Waals surface area (Å²) in [5, 5.41) is 3.15. The first kappa shape index (κ1) is 16.4. The molecule has 6 heteroatoms. The zero-order chi connectivity index (χ0) is 15.2. The van der Waals surface area contributed by atoms with E-state index in [4.69, 9.17) is 4.74 Å². The van der Waals surface area contributed by atoms with E-state index in [0.717, 1.165) is 32.2 Å². The molecular formula is C15H27N3O3. The van der Waals surface area contributed by atoms with Crippen LogP contribution in [0.15, 0.2) is 0 Å². The largest absolute Gasteiger partial charge is 0.379 e. The number of ether oxygens (including phenoxy) is 1. The smallest absolute Gasteiger partial charge is 0.247 e. The van der Waals surface area contributed by atoms with Crippen LogP contribution in [-0.4, -0.2) is 74.1 Å². The molecular weight excluding hydrogens is 270 g/mol. The topological polar surface area (TPSA) is 61.9 Å². The molecule has 2 aliphatic rings. The van der Waals surface area contributed by atoms with Crippen molar-refractivity contribution in [1.82, 2.24) is 15.1 Å². The second-order valence-corrected chi connectivity index (χ2v) is 6.17. The Bertz CT molecular complexity index is 367. The van der Waals surface area contributed by atoms with E-state index in [2.05, 4.69) is 10.2 Å². The molecule has 1 saturated carbocycles. The number of hydrogen-bond acceptors (Lipinski definition) is 5. The number of rotatable bonds is 8. The van der Waals surface area contributed by atoms with Gasteiger partial charge in [0.15, 0.2) is 0 Å². The van der Waals surface area contributed by atoms with Gasteiger partial charge in [-0.3, -0.25) is 14.5 Å². The van der Waals surface area contributed by atoms with E-state index >= 15 is 0 Å². The normalized spacial score (nSPS) is 23.8. The maximum absolute atomic E-state index is 12.3. The van der Waals surface area contributed by atoms with Gasteiger partial charge in [0, 0.05) is 19.1 Å². The Hall–Kier alpha value is -0.980. The van der Waals surface area contributed by atoms with E-state index in [-0.39, 0.29) is 23.9 Å². The molecule has 1 aliphatic carbocycles. The van der Waals surface area contributed by atoms with E-state index in [9.17, 15) is 9.59 Å². The summed E-state index contributed by atoms with van der Waals surface area (Å²) in [4.78, 5) is 27.9. The summed E-state index contributed by atoms with van der Waals surface area (Å²) in [6.07, 6.45) is 4.49. The third kappa shape index (κ3) is 4.49. The van der Waals surface area contributed by atoms with Crippen LogP contribution >= 0.6 is 0 Å². The molecule has 0 aromatic carbocycles. The van der Waals surface area contributed by atoms with Crippen molar-refractivity contribution in [3.63, 3.8) is 0 Å². The fourth-order valence-electron chi connectivity index (χ4n) is 3.01. The first-order valence-corrected chi connectivity index (χ1v) is 7.91. The highest BCUT2D eigenvalue weighted by molar-refractivity contribution is 6.05. The first-order valence-electron chi connectivity index (χ1n) is 7.91. The number of carbonyl (C=O) groups is 2. The summed E-state index contributed by atoms with van der Waals surface area (Å²) in [7, 11) is 4.00. The van der Waals surface area contributed by atoms with Crippen LogP contribution in [0.4, 0.5) is 0 Å². The highest BCUT2D eigenvalue weighted by atomic mass is 16.5. The number of likely N-dealkylation sites (N-methyl/N-ethyl adjacent to an activating group) is 1. The molecule has 2 amide bonds. The number of imide groups is 1. The Morgan fingerprint density at radius 2 is 1.95 bits per heavy atom. The van der Waals surface area contributed by atoms with Gasteiger partial charge in [-0.05, 0) is 26.9 Å². The van der Waals surface area contributed by atoms with E-state index in [1.165, 1.54) is 4.90 Å². The maximum atomic E-state index is 12.3. The van der Waals surface area contributed by atoms with Crippen molar-refractivity contribution in [1.29, 1.82) is 0 Å². The molecule has 1 N–H and O–H groups in total. The van der Waals surface area contributed by atoms with Crippen molar-refractivity contribution in [3.8, 4) is 0 Å². The fraction of sp³-hybridized carbons (Fsp3) is 0.867. The molecule has 21 heavy (non-hydrogen) atoms. The molecule has 1 aliphatic heterocycles. The predicted octanol–water partition coefficient (Wildman–Crippen LogP) is 0.224. The number of nitrogens with zero attached hydrogens (tertiary/aromatic N) is 2. The van der Waals surface area contributed by atoms with Crippen LogP contribution in [0.3, 0.4) is 0 Å². The third-order valence-electron chi connectivity index (χ3n) is 4.19. The molecule has 0 bridgehead atoms. The molecule has 2 rings (SSSR count). The fourth-order valence-corrected chi connectivity index (χ4v) is 3.01. The first-order chi connectivity index (χ1) is 10.1. The van der Waals surface area contributed by atoms with Crippen molar-refractivity contribution in [2.45, 2.75) is 44.2 Å². The van der Waals surface area contributed by atoms with Gasteiger partial charge in [0.2, 0.25) is 11.8 Å². The Labute approximate surface area is 126 Å². The number of hydrogen-bond donors (Lipinski definition) is 1. The van der Waals surface area contributed by atoms with Crippen molar-refractivity contribution < 1.29 is 14.3 Å². The van der Waals surface area contributed by atoms with Gasteiger partial charge in [0.25, 0.3) is 0 Å². The average Bonchev–Trinajstić information content (AvgIpc) is 3.02. The zero-order valence-corrected chi connectivity index (χ0v) is 13.1. The average molecular weight is 297 g/mol. The Balaban J connectivity index is 1.67. The molecule has 6 nitrogen and oxygen atoms in total. The molecule has 1 unspecified atom stereocenters. The molecule has 120 valence electrons. The lowest BCUT2D eigenvalue weighted by Gasteiger charge is -2.22. The Morgan fingerprint density at radius 1 is 1.24 bits per heavy atom. The highest BCUT2D eigenvalue weighted by Gasteiger charge is 2.42. The van der Waals surface area contributed by atoms with Gasteiger partial charge in [-0.1, -0.05) is 12.8 Å². The van der Waals surface area contributed by atoms with Gasteiger partial charge in [0.1, 0.15) is 0 Å². The van der Waals surface area contributed by atoms with Gasteiger partial charge in [-0.15, -0.1) is 0 Å². The van der Waals surface area contributed by atoms with Crippen LogP contribution in [-0.2, 0) is 14.3 Å². The summed E-state index contributed by atoms with van der Waals surface area (Å²) in [5.74, 6) is -0.0573. The highest BCUT2D eigenvalue weighted by Crippen LogP contribution is 2.27. The summed E-state index contributed by atoms with van der Waals surface area (Å²) in [5.41, 5.74) is 0. The van der Waals surface area contributed by atoms with Crippen LogP contribution in [0.25, 0.3) is 0 Å². The monoisotopic (exact) mass is 297 g/mol. The van der Waals surface area contributed by atoms with Gasteiger partial charge >= 0.3 is 0 Å². The molecule has 0 aromatic heterocycles. The van der Waals surface area contributed by atoms with Crippen molar-refractivity contribution in [2.75, 3.05) is 40.4 Å². The number of likely N-dealkylation sites (tertiary alicyclic amines) is 1. The van der Waals surface area contributed by atoms with Crippen LogP contribution in [0.5, 0.6) is 0 Å². The SMILES string of the molecule is CN(C)CCOCCNC1CC(=O)N(C2CCCC2)C1=O. The molecule has 0 spiro atoms. The summed E-state index contributed by atoms with van der Waals surface area (Å²) in [6.45, 7) is 2.74. The second-order valence-electron chi connectivity index (χ2n) is 6.17. The molecule has 0 aromatic rings. The molecule has 1 heterocycles. The van der Waals surface area contributed by atoms with Crippen molar-refractivity contribution in [2.24, 2.45) is 0 Å². The Kier molecular flexibility index (Phi) is 6.14. The van der Waals surface area contributed by atoms with Crippen molar-refractivity contribution in [3.05, 3.63) is 0 Å². The summed E-state index contributed by atoms with van der Waals surface area (Å²) in [6, 6.07) is -0.205. The minimum atomic E-state index is -0.351. The van der Waals surface area contributed by atoms with Crippen LogP contribution in [0.1, 0.15) is 32.1 Å². The molecule has 0 radical (unpaired) electrons. The molecule has 1 saturated heterocycles. The number of amides is 2. The van der Waals surface area contributed by atoms with Gasteiger partial charge < -0.3 is 15.0 Å². The lowest BCUT2D eigenvalue weighted by molar-refractivity contribution is -0.141. The van der Waals surface area contributed by atoms with E-state index < -0.39 is 0 Å². The van der Waals surface area contributed by atoms with Gasteiger partial charge in [0.05, 0.1) is 25.7 Å². The van der Waals surface area contributed by atoms with Gasteiger partial charge in [-0.25, -0.2) is 0 Å². The third-order valence-corrected chi connectivity index (χ3v) is 4.19. The van der Waals surface area contributed by atoms with Crippen LogP contribution in [0.2, 0.25) is 0 Å². The van der Waals surface area contributed by atoms with Crippen LogP contribution in [0, 0.1) is 0 Å². The van der Waals surface area contributed by atoms with Gasteiger partial charge in [-0.2, -0.15) is 0 Å².